The first-order valence-electron chi connectivity index (χ1n) is 9.53. The first-order chi connectivity index (χ1) is 14.1. The van der Waals surface area contributed by atoms with Gasteiger partial charge in [0.15, 0.2) is 0 Å². The first kappa shape index (κ1) is 18.7. The number of hydrogen-bond acceptors (Lipinski definition) is 5. The van der Waals surface area contributed by atoms with E-state index in [-0.39, 0.29) is 5.75 Å². The van der Waals surface area contributed by atoms with Crippen LogP contribution >= 0.6 is 0 Å². The van der Waals surface area contributed by atoms with E-state index in [2.05, 4.69) is 22.4 Å². The van der Waals surface area contributed by atoms with Gasteiger partial charge in [0.2, 0.25) is 5.95 Å². The molecule has 6 nitrogen and oxygen atoms in total. The molecule has 0 atom stereocenters. The lowest BCUT2D eigenvalue weighted by molar-refractivity contribution is 0.112. The minimum absolute atomic E-state index is 0.138. The van der Waals surface area contributed by atoms with Crippen LogP contribution in [0.4, 0.5) is 5.95 Å². The molecule has 0 unspecified atom stereocenters. The molecule has 0 saturated carbocycles. The molecular formula is C23H22N4O2. The van der Waals surface area contributed by atoms with Crippen molar-refractivity contribution in [2.75, 3.05) is 11.9 Å². The monoisotopic (exact) mass is 386 g/mol. The fourth-order valence-corrected chi connectivity index (χ4v) is 3.34. The highest BCUT2D eigenvalue weighted by molar-refractivity contribution is 5.86. The highest BCUT2D eigenvalue weighted by Crippen LogP contribution is 2.25. The Hall–Kier alpha value is -3.67. The van der Waals surface area contributed by atoms with Gasteiger partial charge in [-0.15, -0.1) is 0 Å². The number of pyridine rings is 1. The standard InChI is InChI=1S/C23H22N4O2/c1-16-7-10-22(29)20(25-16)14-27-21-13-18(15-28)8-9-19(21)26-23(27)24-12-11-17-5-3-2-4-6-17/h2-10,13,15,29H,11-12,14H2,1H3,(H,24,26). The van der Waals surface area contributed by atoms with Crippen LogP contribution in [-0.4, -0.2) is 32.5 Å². The molecule has 4 aromatic rings. The molecule has 4 rings (SSSR count). The normalized spacial score (nSPS) is 10.9. The van der Waals surface area contributed by atoms with Crippen molar-refractivity contribution in [2.24, 2.45) is 0 Å². The van der Waals surface area contributed by atoms with Crippen LogP contribution in [0, 0.1) is 6.92 Å². The van der Waals surface area contributed by atoms with Gasteiger partial charge in [-0.1, -0.05) is 30.3 Å². The number of fused-ring (bicyclic) bond motifs is 1. The number of benzene rings is 2. The Balaban J connectivity index is 1.67. The number of rotatable bonds is 7. The zero-order chi connectivity index (χ0) is 20.2. The maximum Gasteiger partial charge on any atom is 0.204 e. The van der Waals surface area contributed by atoms with Crippen LogP contribution in [0.2, 0.25) is 0 Å². The van der Waals surface area contributed by atoms with Gasteiger partial charge >= 0.3 is 0 Å². The van der Waals surface area contributed by atoms with Gasteiger partial charge in [-0.25, -0.2) is 4.98 Å². The second kappa shape index (κ2) is 8.14. The van der Waals surface area contributed by atoms with Gasteiger partial charge in [0.25, 0.3) is 0 Å². The summed E-state index contributed by atoms with van der Waals surface area (Å²) in [6.07, 6.45) is 1.68. The Morgan fingerprint density at radius 3 is 2.69 bits per heavy atom. The molecule has 0 amide bonds. The number of aromatic nitrogens is 3. The lowest BCUT2D eigenvalue weighted by Crippen LogP contribution is -2.12. The Bertz CT molecular complexity index is 1150. The van der Waals surface area contributed by atoms with Crippen molar-refractivity contribution < 1.29 is 9.90 Å². The fraction of sp³-hybridized carbons (Fsp3) is 0.174. The van der Waals surface area contributed by atoms with Crippen LogP contribution in [0.15, 0.2) is 60.7 Å². The van der Waals surface area contributed by atoms with Gasteiger partial charge in [0, 0.05) is 17.8 Å². The van der Waals surface area contributed by atoms with Gasteiger partial charge in [-0.05, 0) is 49.2 Å². The van der Waals surface area contributed by atoms with Gasteiger partial charge < -0.3 is 15.0 Å². The zero-order valence-corrected chi connectivity index (χ0v) is 16.2. The summed E-state index contributed by atoms with van der Waals surface area (Å²) in [6.45, 7) is 2.94. The molecule has 0 radical (unpaired) electrons. The predicted octanol–water partition coefficient (Wildman–Crippen LogP) is 3.96. The van der Waals surface area contributed by atoms with Crippen molar-refractivity contribution >= 4 is 23.3 Å². The molecule has 2 heterocycles. The lowest BCUT2D eigenvalue weighted by Gasteiger charge is -2.12. The van der Waals surface area contributed by atoms with Crippen LogP contribution in [0.1, 0.15) is 27.3 Å². The van der Waals surface area contributed by atoms with Gasteiger partial charge in [-0.2, -0.15) is 0 Å². The first-order valence-corrected chi connectivity index (χ1v) is 9.53. The maximum absolute atomic E-state index is 11.3. The molecule has 0 spiro atoms. The highest BCUT2D eigenvalue weighted by Gasteiger charge is 2.14. The van der Waals surface area contributed by atoms with Crippen LogP contribution in [0.3, 0.4) is 0 Å². The van der Waals surface area contributed by atoms with Crippen LogP contribution in [-0.2, 0) is 13.0 Å². The summed E-state index contributed by atoms with van der Waals surface area (Å²) in [4.78, 5) is 20.4. The second-order valence-electron chi connectivity index (χ2n) is 6.97. The van der Waals surface area contributed by atoms with E-state index < -0.39 is 0 Å². The molecule has 0 aliphatic heterocycles. The molecule has 2 aromatic carbocycles. The van der Waals surface area contributed by atoms with Crippen molar-refractivity contribution in [3.63, 3.8) is 0 Å². The molecule has 2 aromatic heterocycles. The number of nitrogens with zero attached hydrogens (tertiary/aromatic N) is 3. The number of aldehydes is 1. The van der Waals surface area contributed by atoms with E-state index in [0.29, 0.717) is 30.3 Å². The number of anilines is 1. The molecule has 2 N–H and O–H groups in total. The highest BCUT2D eigenvalue weighted by atomic mass is 16.3. The summed E-state index contributed by atoms with van der Waals surface area (Å²) >= 11 is 0. The number of imidazole rings is 1. The van der Waals surface area contributed by atoms with Gasteiger partial charge in [-0.3, -0.25) is 9.78 Å². The third-order valence-electron chi connectivity index (χ3n) is 4.85. The largest absolute Gasteiger partial charge is 0.506 e. The van der Waals surface area contributed by atoms with Gasteiger partial charge in [0.1, 0.15) is 17.7 Å². The summed E-state index contributed by atoms with van der Waals surface area (Å²) < 4.78 is 1.95. The zero-order valence-electron chi connectivity index (χ0n) is 16.2. The summed E-state index contributed by atoms with van der Waals surface area (Å²) in [5.41, 5.74) is 4.81. The Morgan fingerprint density at radius 1 is 1.07 bits per heavy atom. The smallest absolute Gasteiger partial charge is 0.204 e. The van der Waals surface area contributed by atoms with E-state index in [1.165, 1.54) is 5.56 Å². The Kier molecular flexibility index (Phi) is 5.24. The number of carbonyl (C=O) groups excluding carboxylic acids is 1. The molecule has 29 heavy (non-hydrogen) atoms. The van der Waals surface area contributed by atoms with Crippen molar-refractivity contribution in [1.82, 2.24) is 14.5 Å². The quantitative estimate of drug-likeness (QED) is 0.470. The molecule has 146 valence electrons. The average molecular weight is 386 g/mol. The summed E-state index contributed by atoms with van der Waals surface area (Å²) in [5.74, 6) is 0.820. The number of hydrogen-bond donors (Lipinski definition) is 2. The Labute approximate surface area is 168 Å². The van der Waals surface area contributed by atoms with Crippen LogP contribution in [0.5, 0.6) is 5.75 Å². The van der Waals surface area contributed by atoms with E-state index in [0.717, 1.165) is 29.4 Å². The van der Waals surface area contributed by atoms with Crippen molar-refractivity contribution in [2.45, 2.75) is 19.9 Å². The van der Waals surface area contributed by atoms with Crippen LogP contribution in [0.25, 0.3) is 11.0 Å². The number of aryl methyl sites for hydroxylation is 1. The minimum Gasteiger partial charge on any atom is -0.506 e. The topological polar surface area (TPSA) is 80.0 Å². The molecule has 0 fully saturated rings. The minimum atomic E-state index is 0.138. The van der Waals surface area contributed by atoms with E-state index in [1.54, 1.807) is 18.2 Å². The molecular weight excluding hydrogens is 364 g/mol. The number of aromatic hydroxyl groups is 1. The summed E-state index contributed by atoms with van der Waals surface area (Å²) in [6, 6.07) is 19.1. The average Bonchev–Trinajstić information content (AvgIpc) is 3.08. The lowest BCUT2D eigenvalue weighted by atomic mass is 10.1. The van der Waals surface area contributed by atoms with E-state index in [9.17, 15) is 9.90 Å². The van der Waals surface area contributed by atoms with E-state index in [1.807, 2.05) is 41.8 Å². The van der Waals surface area contributed by atoms with Gasteiger partial charge in [0.05, 0.1) is 17.6 Å². The van der Waals surface area contributed by atoms with Crippen molar-refractivity contribution in [3.05, 3.63) is 83.2 Å². The number of nitrogens with one attached hydrogen (secondary N) is 1. The Morgan fingerprint density at radius 2 is 1.90 bits per heavy atom. The van der Waals surface area contributed by atoms with Crippen LogP contribution < -0.4 is 5.32 Å². The summed E-state index contributed by atoms with van der Waals surface area (Å²) in [5, 5.41) is 13.6. The predicted molar refractivity (Wildman–Crippen MR) is 113 cm³/mol. The SMILES string of the molecule is Cc1ccc(O)c(Cn2c(NCCc3ccccc3)nc3ccc(C=O)cc32)n1. The molecule has 0 bridgehead atoms. The van der Waals surface area contributed by atoms with E-state index in [4.69, 9.17) is 4.98 Å². The van der Waals surface area contributed by atoms with E-state index >= 15 is 0 Å². The maximum atomic E-state index is 11.3. The molecule has 0 saturated heterocycles. The third kappa shape index (κ3) is 4.11. The van der Waals surface area contributed by atoms with Crippen molar-refractivity contribution in [3.8, 4) is 5.75 Å². The third-order valence-corrected chi connectivity index (χ3v) is 4.85. The molecule has 6 heteroatoms. The molecule has 0 aliphatic carbocycles. The van der Waals surface area contributed by atoms with Crippen molar-refractivity contribution in [1.29, 1.82) is 0 Å². The molecule has 0 aliphatic rings. The summed E-state index contributed by atoms with van der Waals surface area (Å²) in [7, 11) is 0. The second-order valence-corrected chi connectivity index (χ2v) is 6.97. The number of carbonyl (C=O) groups is 1. The fourth-order valence-electron chi connectivity index (χ4n) is 3.34.